The van der Waals surface area contributed by atoms with Gasteiger partial charge in [-0.2, -0.15) is 10.2 Å². The van der Waals surface area contributed by atoms with Gasteiger partial charge in [0.1, 0.15) is 11.5 Å². The number of hydrogen-bond acceptors (Lipinski definition) is 6. The van der Waals surface area contributed by atoms with E-state index in [0.717, 1.165) is 17.5 Å². The van der Waals surface area contributed by atoms with Crippen LogP contribution in [0, 0.1) is 0 Å². The van der Waals surface area contributed by atoms with E-state index in [1.165, 1.54) is 0 Å². The molecule has 0 fully saturated rings. The lowest BCUT2D eigenvalue weighted by atomic mass is 10.1. The Balaban J connectivity index is 1.59. The van der Waals surface area contributed by atoms with Crippen molar-refractivity contribution in [1.82, 2.24) is 10.9 Å². The maximum Gasteiger partial charge on any atom is 0.240 e. The zero-order chi connectivity index (χ0) is 22.3. The molecule has 0 aliphatic carbocycles. The molecular formula is C23H28N4O4. The highest BCUT2D eigenvalue weighted by atomic mass is 16.5. The molecule has 0 aromatic heterocycles. The monoisotopic (exact) mass is 424 g/mol. The van der Waals surface area contributed by atoms with Crippen molar-refractivity contribution in [2.75, 3.05) is 14.2 Å². The zero-order valence-electron chi connectivity index (χ0n) is 17.8. The number of ether oxygens (including phenoxy) is 2. The van der Waals surface area contributed by atoms with Crippen LogP contribution in [0.4, 0.5) is 0 Å². The van der Waals surface area contributed by atoms with Gasteiger partial charge in [-0.25, -0.2) is 10.9 Å². The Morgan fingerprint density at radius 3 is 1.58 bits per heavy atom. The molecule has 0 saturated heterocycles. The summed E-state index contributed by atoms with van der Waals surface area (Å²) in [4.78, 5) is 23.7. The Bertz CT molecular complexity index is 838. The number of hydrazone groups is 2. The second kappa shape index (κ2) is 13.5. The average molecular weight is 425 g/mol. The molecule has 164 valence electrons. The molecule has 0 spiro atoms. The van der Waals surface area contributed by atoms with E-state index in [4.69, 9.17) is 9.47 Å². The van der Waals surface area contributed by atoms with Crippen molar-refractivity contribution in [3.63, 3.8) is 0 Å². The smallest absolute Gasteiger partial charge is 0.240 e. The van der Waals surface area contributed by atoms with Crippen molar-refractivity contribution in [3.05, 3.63) is 59.7 Å². The third kappa shape index (κ3) is 8.69. The molecule has 2 amide bonds. The van der Waals surface area contributed by atoms with Crippen LogP contribution in [0.1, 0.15) is 43.2 Å². The highest BCUT2D eigenvalue weighted by Gasteiger charge is 2.03. The number of para-hydroxylation sites is 2. The summed E-state index contributed by atoms with van der Waals surface area (Å²) in [5, 5.41) is 7.91. The summed E-state index contributed by atoms with van der Waals surface area (Å²) in [5.74, 6) is 1.03. The van der Waals surface area contributed by atoms with E-state index in [9.17, 15) is 9.59 Å². The van der Waals surface area contributed by atoms with E-state index >= 15 is 0 Å². The summed E-state index contributed by atoms with van der Waals surface area (Å²) in [5.41, 5.74) is 6.57. The van der Waals surface area contributed by atoms with Crippen molar-refractivity contribution in [2.24, 2.45) is 10.2 Å². The van der Waals surface area contributed by atoms with E-state index in [1.54, 1.807) is 26.6 Å². The lowest BCUT2D eigenvalue weighted by Crippen LogP contribution is -2.18. The van der Waals surface area contributed by atoms with Gasteiger partial charge in [0.05, 0.1) is 26.6 Å². The number of carbonyl (C=O) groups is 2. The number of hydrogen-bond donors (Lipinski definition) is 2. The predicted octanol–water partition coefficient (Wildman–Crippen LogP) is 3.25. The third-order valence-electron chi connectivity index (χ3n) is 4.37. The summed E-state index contributed by atoms with van der Waals surface area (Å²) in [7, 11) is 3.16. The van der Waals surface area contributed by atoms with Gasteiger partial charge in [0.2, 0.25) is 11.8 Å². The highest BCUT2D eigenvalue weighted by Crippen LogP contribution is 2.15. The van der Waals surface area contributed by atoms with Crippen LogP contribution in [-0.4, -0.2) is 38.5 Å². The Morgan fingerprint density at radius 1 is 0.742 bits per heavy atom. The molecular weight excluding hydrogens is 396 g/mol. The number of nitrogens with one attached hydrogen (secondary N) is 2. The van der Waals surface area contributed by atoms with Gasteiger partial charge >= 0.3 is 0 Å². The van der Waals surface area contributed by atoms with Crippen molar-refractivity contribution in [2.45, 2.75) is 32.1 Å². The number of rotatable bonds is 12. The summed E-state index contributed by atoms with van der Waals surface area (Å²) in [6, 6.07) is 14.8. The van der Waals surface area contributed by atoms with Crippen LogP contribution in [0.3, 0.4) is 0 Å². The molecule has 0 unspecified atom stereocenters. The van der Waals surface area contributed by atoms with Gasteiger partial charge in [-0.1, -0.05) is 30.7 Å². The van der Waals surface area contributed by atoms with Crippen LogP contribution in [0.5, 0.6) is 11.5 Å². The summed E-state index contributed by atoms with van der Waals surface area (Å²) >= 11 is 0. The number of methoxy groups -OCH3 is 2. The van der Waals surface area contributed by atoms with E-state index in [2.05, 4.69) is 21.1 Å². The number of carbonyl (C=O) groups excluding carboxylic acids is 2. The van der Waals surface area contributed by atoms with E-state index in [0.29, 0.717) is 37.2 Å². The molecule has 2 aromatic carbocycles. The fourth-order valence-corrected chi connectivity index (χ4v) is 2.75. The first kappa shape index (κ1) is 23.6. The minimum absolute atomic E-state index is 0.169. The molecule has 0 aliphatic heterocycles. The zero-order valence-corrected chi connectivity index (χ0v) is 17.8. The Hall–Kier alpha value is -3.68. The van der Waals surface area contributed by atoms with E-state index in [1.807, 2.05) is 48.5 Å². The van der Waals surface area contributed by atoms with Gasteiger partial charge in [0, 0.05) is 24.0 Å². The first-order valence-electron chi connectivity index (χ1n) is 10.0. The number of unbranched alkanes of at least 4 members (excludes halogenated alkanes) is 2. The fourth-order valence-electron chi connectivity index (χ4n) is 2.75. The van der Waals surface area contributed by atoms with Gasteiger partial charge < -0.3 is 9.47 Å². The molecule has 8 heteroatoms. The molecule has 8 nitrogen and oxygen atoms in total. The van der Waals surface area contributed by atoms with E-state index < -0.39 is 0 Å². The minimum Gasteiger partial charge on any atom is -0.496 e. The summed E-state index contributed by atoms with van der Waals surface area (Å²) in [6.45, 7) is 0. The van der Waals surface area contributed by atoms with Crippen LogP contribution in [0.25, 0.3) is 0 Å². The van der Waals surface area contributed by atoms with E-state index in [-0.39, 0.29) is 11.8 Å². The highest BCUT2D eigenvalue weighted by molar-refractivity contribution is 5.86. The van der Waals surface area contributed by atoms with Crippen LogP contribution in [0.15, 0.2) is 58.7 Å². The van der Waals surface area contributed by atoms with Crippen molar-refractivity contribution in [1.29, 1.82) is 0 Å². The molecule has 0 bridgehead atoms. The standard InChI is InChI=1S/C23H28N4O4/c1-30-20-12-8-6-10-18(20)16-24-26-22(28)14-4-3-5-15-23(29)27-25-17-19-11-7-9-13-21(19)31-2/h6-13,16-17H,3-5,14-15H2,1-2H3,(H,26,28)(H,27,29)/b24-16-,25-17-. The SMILES string of the molecule is COc1ccccc1/C=N\NC(=O)CCCCCC(=O)N/N=C\c1ccccc1OC. The Labute approximate surface area is 182 Å². The van der Waals surface area contributed by atoms with Crippen LogP contribution < -0.4 is 20.3 Å². The lowest BCUT2D eigenvalue weighted by Gasteiger charge is -2.04. The van der Waals surface area contributed by atoms with Crippen molar-refractivity contribution < 1.29 is 19.1 Å². The molecule has 0 aliphatic rings. The van der Waals surface area contributed by atoms with Gasteiger partial charge in [-0.05, 0) is 37.1 Å². The molecule has 0 atom stereocenters. The predicted molar refractivity (Wildman–Crippen MR) is 121 cm³/mol. The van der Waals surface area contributed by atoms with Crippen LogP contribution >= 0.6 is 0 Å². The quantitative estimate of drug-likeness (QED) is 0.310. The normalized spacial score (nSPS) is 10.9. The number of benzene rings is 2. The second-order valence-electron chi connectivity index (χ2n) is 6.63. The molecule has 31 heavy (non-hydrogen) atoms. The van der Waals surface area contributed by atoms with Crippen molar-refractivity contribution in [3.8, 4) is 11.5 Å². The molecule has 0 radical (unpaired) electrons. The molecule has 0 heterocycles. The lowest BCUT2D eigenvalue weighted by molar-refractivity contribution is -0.121. The molecule has 2 aromatic rings. The molecule has 2 rings (SSSR count). The van der Waals surface area contributed by atoms with Crippen molar-refractivity contribution >= 4 is 24.2 Å². The van der Waals surface area contributed by atoms with Crippen LogP contribution in [-0.2, 0) is 9.59 Å². The fraction of sp³-hybridized carbons (Fsp3) is 0.304. The van der Waals surface area contributed by atoms with Gasteiger partial charge in [0.15, 0.2) is 0 Å². The molecule has 2 N–H and O–H groups in total. The van der Waals surface area contributed by atoms with Crippen LogP contribution in [0.2, 0.25) is 0 Å². The third-order valence-corrected chi connectivity index (χ3v) is 4.37. The van der Waals surface area contributed by atoms with Gasteiger partial charge in [0.25, 0.3) is 0 Å². The first-order chi connectivity index (χ1) is 15.1. The average Bonchev–Trinajstić information content (AvgIpc) is 2.79. The maximum atomic E-state index is 11.8. The topological polar surface area (TPSA) is 101 Å². The Morgan fingerprint density at radius 2 is 1.16 bits per heavy atom. The maximum absolute atomic E-state index is 11.8. The summed E-state index contributed by atoms with van der Waals surface area (Å²) < 4.78 is 10.4. The minimum atomic E-state index is -0.169. The van der Waals surface area contributed by atoms with Gasteiger partial charge in [-0.15, -0.1) is 0 Å². The largest absolute Gasteiger partial charge is 0.496 e. The Kier molecular flexibility index (Phi) is 10.3. The number of nitrogens with zero attached hydrogens (tertiary/aromatic N) is 2. The van der Waals surface area contributed by atoms with Gasteiger partial charge in [-0.3, -0.25) is 9.59 Å². The number of amides is 2. The summed E-state index contributed by atoms with van der Waals surface area (Å²) in [6.07, 6.45) is 5.89. The second-order valence-corrected chi connectivity index (χ2v) is 6.63. The molecule has 0 saturated carbocycles. The first-order valence-corrected chi connectivity index (χ1v) is 10.0.